The highest BCUT2D eigenvalue weighted by Gasteiger charge is 2.37. The zero-order chi connectivity index (χ0) is 19.8. The van der Waals surface area contributed by atoms with Crippen LogP contribution in [-0.2, 0) is 6.42 Å². The van der Waals surface area contributed by atoms with Gasteiger partial charge in [0.15, 0.2) is 0 Å². The number of rotatable bonds is 4. The summed E-state index contributed by atoms with van der Waals surface area (Å²) < 4.78 is 0. The fourth-order valence-corrected chi connectivity index (χ4v) is 3.24. The van der Waals surface area contributed by atoms with Crippen LogP contribution < -0.4 is 10.6 Å². The van der Waals surface area contributed by atoms with Crippen LogP contribution in [0.5, 0.6) is 0 Å². The number of nitrogen functional groups attached to an aromatic ring is 1. The van der Waals surface area contributed by atoms with Crippen molar-refractivity contribution in [3.8, 4) is 0 Å². The first kappa shape index (κ1) is 17.5. The largest absolute Gasteiger partial charge is 0.478 e. The first-order valence-corrected chi connectivity index (χ1v) is 8.63. The molecule has 0 saturated carbocycles. The molecule has 1 aliphatic rings. The van der Waals surface area contributed by atoms with Gasteiger partial charge in [-0.1, -0.05) is 24.3 Å². The Kier molecular flexibility index (Phi) is 4.16. The van der Waals surface area contributed by atoms with Crippen molar-refractivity contribution < 1.29 is 19.5 Å². The van der Waals surface area contributed by atoms with Crippen molar-refractivity contribution in [1.82, 2.24) is 0 Å². The lowest BCUT2D eigenvalue weighted by atomic mass is 10.0. The minimum absolute atomic E-state index is 0.0272. The summed E-state index contributed by atoms with van der Waals surface area (Å²) in [5.74, 6) is -2.12. The Hall–Kier alpha value is -3.93. The van der Waals surface area contributed by atoms with Gasteiger partial charge >= 0.3 is 5.97 Å². The van der Waals surface area contributed by atoms with Crippen LogP contribution in [-0.4, -0.2) is 22.9 Å². The summed E-state index contributed by atoms with van der Waals surface area (Å²) in [6.07, 6.45) is 0.699. The molecule has 1 heterocycles. The molecule has 6 nitrogen and oxygen atoms in total. The Bertz CT molecular complexity index is 1100. The molecule has 3 aromatic rings. The molecule has 0 fully saturated rings. The number of aromatic carboxylic acids is 1. The number of imide groups is 1. The molecule has 6 heteroatoms. The zero-order valence-corrected chi connectivity index (χ0v) is 14.8. The second-order valence-corrected chi connectivity index (χ2v) is 6.60. The molecule has 1 aliphatic heterocycles. The average molecular weight is 372 g/mol. The van der Waals surface area contributed by atoms with Gasteiger partial charge in [0.25, 0.3) is 11.8 Å². The van der Waals surface area contributed by atoms with Gasteiger partial charge in [-0.2, -0.15) is 0 Å². The highest BCUT2D eigenvalue weighted by molar-refractivity contribution is 6.34. The van der Waals surface area contributed by atoms with Gasteiger partial charge in [0.2, 0.25) is 0 Å². The molecule has 28 heavy (non-hydrogen) atoms. The summed E-state index contributed by atoms with van der Waals surface area (Å²) in [5.41, 5.74) is 9.26. The number of nitrogens with zero attached hydrogens (tertiary/aromatic N) is 1. The van der Waals surface area contributed by atoms with Crippen LogP contribution in [0.25, 0.3) is 0 Å². The maximum Gasteiger partial charge on any atom is 0.335 e. The van der Waals surface area contributed by atoms with Gasteiger partial charge in [0, 0.05) is 5.69 Å². The minimum Gasteiger partial charge on any atom is -0.478 e. The number of benzene rings is 3. The molecule has 0 saturated heterocycles. The molecular formula is C22H16N2O4. The number of fused-ring (bicyclic) bond motifs is 1. The van der Waals surface area contributed by atoms with E-state index in [9.17, 15) is 14.4 Å². The van der Waals surface area contributed by atoms with Gasteiger partial charge in [0.05, 0.1) is 22.4 Å². The van der Waals surface area contributed by atoms with E-state index in [2.05, 4.69) is 0 Å². The smallest absolute Gasteiger partial charge is 0.335 e. The molecule has 0 radical (unpaired) electrons. The van der Waals surface area contributed by atoms with E-state index in [1.165, 1.54) is 18.2 Å². The molecule has 0 unspecified atom stereocenters. The van der Waals surface area contributed by atoms with Crippen LogP contribution in [0.15, 0.2) is 66.7 Å². The first-order chi connectivity index (χ1) is 13.4. The Balaban J connectivity index is 1.59. The average Bonchev–Trinajstić information content (AvgIpc) is 2.94. The predicted molar refractivity (Wildman–Crippen MR) is 105 cm³/mol. The summed E-state index contributed by atoms with van der Waals surface area (Å²) in [4.78, 5) is 37.5. The SMILES string of the molecule is Nc1ccc(Cc2ccc(N3C(=O)c4ccc(C(=O)O)cc4C3=O)cc2)cc1. The Morgan fingerprint density at radius 3 is 2.00 bits per heavy atom. The normalized spacial score (nSPS) is 12.9. The quantitative estimate of drug-likeness (QED) is 0.540. The van der Waals surface area contributed by atoms with Crippen LogP contribution in [0.4, 0.5) is 11.4 Å². The van der Waals surface area contributed by atoms with Crippen LogP contribution in [0.1, 0.15) is 42.2 Å². The van der Waals surface area contributed by atoms with Crippen molar-refractivity contribution in [1.29, 1.82) is 0 Å². The van der Waals surface area contributed by atoms with E-state index in [0.29, 0.717) is 17.8 Å². The standard InChI is InChI=1S/C22H16N2O4/c23-16-6-1-13(2-7-16)11-14-3-8-17(9-4-14)24-20(25)18-10-5-15(22(27)28)12-19(18)21(24)26/h1-10,12H,11,23H2,(H,27,28). The number of carbonyl (C=O) groups excluding carboxylic acids is 2. The number of hydrogen-bond donors (Lipinski definition) is 2. The molecule has 0 aromatic heterocycles. The first-order valence-electron chi connectivity index (χ1n) is 8.63. The van der Waals surface area contributed by atoms with E-state index in [-0.39, 0.29) is 16.7 Å². The predicted octanol–water partition coefficient (Wildman–Crippen LogP) is 3.36. The second-order valence-electron chi connectivity index (χ2n) is 6.60. The number of carbonyl (C=O) groups is 3. The Morgan fingerprint density at radius 1 is 0.821 bits per heavy atom. The highest BCUT2D eigenvalue weighted by atomic mass is 16.4. The molecule has 0 spiro atoms. The maximum atomic E-state index is 12.7. The van der Waals surface area contributed by atoms with Crippen molar-refractivity contribution in [2.45, 2.75) is 6.42 Å². The van der Waals surface area contributed by atoms with Gasteiger partial charge in [-0.25, -0.2) is 9.69 Å². The monoisotopic (exact) mass is 372 g/mol. The van der Waals surface area contributed by atoms with E-state index >= 15 is 0 Å². The van der Waals surface area contributed by atoms with Crippen LogP contribution >= 0.6 is 0 Å². The van der Waals surface area contributed by atoms with Gasteiger partial charge in [-0.3, -0.25) is 9.59 Å². The molecule has 0 bridgehead atoms. The lowest BCUT2D eigenvalue weighted by molar-refractivity contribution is 0.0696. The van der Waals surface area contributed by atoms with Crippen molar-refractivity contribution in [2.75, 3.05) is 10.6 Å². The summed E-state index contributed by atoms with van der Waals surface area (Å²) >= 11 is 0. The number of anilines is 2. The van der Waals surface area contributed by atoms with Crippen LogP contribution in [0.2, 0.25) is 0 Å². The van der Waals surface area contributed by atoms with Gasteiger partial charge < -0.3 is 10.8 Å². The van der Waals surface area contributed by atoms with Crippen molar-refractivity contribution >= 4 is 29.2 Å². The third kappa shape index (κ3) is 3.01. The zero-order valence-electron chi connectivity index (χ0n) is 14.8. The lowest BCUT2D eigenvalue weighted by Gasteiger charge is -2.14. The van der Waals surface area contributed by atoms with E-state index in [4.69, 9.17) is 10.8 Å². The fourth-order valence-electron chi connectivity index (χ4n) is 3.24. The number of amides is 2. The molecule has 0 atom stereocenters. The Labute approximate surface area is 160 Å². The van der Waals surface area contributed by atoms with E-state index < -0.39 is 17.8 Å². The summed E-state index contributed by atoms with van der Waals surface area (Å²) in [5, 5.41) is 9.10. The molecule has 3 N–H and O–H groups in total. The number of carboxylic acids is 1. The third-order valence-corrected chi connectivity index (χ3v) is 4.72. The van der Waals surface area contributed by atoms with Gasteiger partial charge in [0.1, 0.15) is 0 Å². The molecule has 0 aliphatic carbocycles. The third-order valence-electron chi connectivity index (χ3n) is 4.72. The topological polar surface area (TPSA) is 101 Å². The number of nitrogens with two attached hydrogens (primary N) is 1. The van der Waals surface area contributed by atoms with Crippen LogP contribution in [0, 0.1) is 0 Å². The molecule has 4 rings (SSSR count). The minimum atomic E-state index is -1.14. The van der Waals surface area contributed by atoms with Crippen LogP contribution in [0.3, 0.4) is 0 Å². The fraction of sp³-hybridized carbons (Fsp3) is 0.0455. The summed E-state index contributed by atoms with van der Waals surface area (Å²) in [6.45, 7) is 0. The second kappa shape index (κ2) is 6.66. The molecular weight excluding hydrogens is 356 g/mol. The van der Waals surface area contributed by atoms with Crippen molar-refractivity contribution in [2.24, 2.45) is 0 Å². The maximum absolute atomic E-state index is 12.7. The number of carboxylic acid groups (broad SMARTS) is 1. The van der Waals surface area contributed by atoms with E-state index in [0.717, 1.165) is 16.0 Å². The highest BCUT2D eigenvalue weighted by Crippen LogP contribution is 2.29. The molecule has 3 aromatic carbocycles. The summed E-state index contributed by atoms with van der Waals surface area (Å²) in [7, 11) is 0. The van der Waals surface area contributed by atoms with Crippen molar-refractivity contribution in [3.63, 3.8) is 0 Å². The number of hydrogen-bond acceptors (Lipinski definition) is 4. The van der Waals surface area contributed by atoms with Crippen molar-refractivity contribution in [3.05, 3.63) is 94.5 Å². The molecule has 2 amide bonds. The molecule has 138 valence electrons. The van der Waals surface area contributed by atoms with E-state index in [1.54, 1.807) is 12.1 Å². The van der Waals surface area contributed by atoms with Gasteiger partial charge in [-0.05, 0) is 60.0 Å². The Morgan fingerprint density at radius 2 is 1.39 bits per heavy atom. The van der Waals surface area contributed by atoms with E-state index in [1.807, 2.05) is 36.4 Å². The summed E-state index contributed by atoms with van der Waals surface area (Å²) in [6, 6.07) is 18.7. The van der Waals surface area contributed by atoms with Gasteiger partial charge in [-0.15, -0.1) is 0 Å². The lowest BCUT2D eigenvalue weighted by Crippen LogP contribution is -2.29.